The van der Waals surface area contributed by atoms with Crippen LogP contribution in [0.3, 0.4) is 0 Å². The highest BCUT2D eigenvalue weighted by molar-refractivity contribution is 5.69. The van der Waals surface area contributed by atoms with Crippen molar-refractivity contribution in [2.75, 3.05) is 0 Å². The smallest absolute Gasteiger partial charge is 0.0702 e. The van der Waals surface area contributed by atoms with Gasteiger partial charge in [-0.2, -0.15) is 0 Å². The van der Waals surface area contributed by atoms with E-state index in [4.69, 9.17) is 0 Å². The maximum atomic E-state index is 4.36. The van der Waals surface area contributed by atoms with Crippen molar-refractivity contribution in [2.24, 2.45) is 0 Å². The second-order valence-corrected chi connectivity index (χ2v) is 4.01. The molecule has 0 saturated carbocycles. The van der Waals surface area contributed by atoms with Gasteiger partial charge in [0.25, 0.3) is 0 Å². The third-order valence-electron chi connectivity index (χ3n) is 2.78. The average Bonchev–Trinajstić information content (AvgIpc) is 2.49. The number of nitrogens with zero attached hydrogens (tertiary/aromatic N) is 2. The van der Waals surface area contributed by atoms with Crippen LogP contribution in [0, 0.1) is 0 Å². The van der Waals surface area contributed by atoms with E-state index in [1.165, 1.54) is 0 Å². The second-order valence-electron chi connectivity index (χ2n) is 4.01. The van der Waals surface area contributed by atoms with Gasteiger partial charge in [0.05, 0.1) is 11.4 Å². The molecule has 0 aliphatic rings. The number of rotatable bonds is 2. The molecular weight excluding hydrogens is 220 g/mol. The molecule has 0 unspecified atom stereocenters. The summed E-state index contributed by atoms with van der Waals surface area (Å²) in [5, 5.41) is 0. The Labute approximate surface area is 106 Å². The number of benzene rings is 1. The summed E-state index contributed by atoms with van der Waals surface area (Å²) in [6, 6.07) is 20.1. The molecule has 0 amide bonds. The maximum absolute atomic E-state index is 4.36. The zero-order valence-electron chi connectivity index (χ0n) is 9.82. The molecule has 86 valence electrons. The van der Waals surface area contributed by atoms with Crippen molar-refractivity contribution in [3.05, 3.63) is 73.1 Å². The van der Waals surface area contributed by atoms with Crippen LogP contribution in [-0.2, 0) is 0 Å². The van der Waals surface area contributed by atoms with Gasteiger partial charge in [-0.15, -0.1) is 0 Å². The van der Waals surface area contributed by atoms with Crippen molar-refractivity contribution in [3.8, 4) is 22.5 Å². The van der Waals surface area contributed by atoms with Crippen LogP contribution >= 0.6 is 0 Å². The summed E-state index contributed by atoms with van der Waals surface area (Å²) in [5.41, 5.74) is 4.18. The third kappa shape index (κ3) is 2.13. The number of pyridine rings is 2. The first kappa shape index (κ1) is 10.7. The molecule has 0 aliphatic carbocycles. The van der Waals surface area contributed by atoms with Gasteiger partial charge >= 0.3 is 0 Å². The summed E-state index contributed by atoms with van der Waals surface area (Å²) in [7, 11) is 0. The molecule has 1 aromatic carbocycles. The standard InChI is InChI=1S/C16H12N2/c1-3-10-17-15(8-1)13-6-5-7-14(12-13)16-9-2-4-11-18-16/h1-12H. The predicted molar refractivity (Wildman–Crippen MR) is 72.9 cm³/mol. The average molecular weight is 232 g/mol. The largest absolute Gasteiger partial charge is 0.256 e. The van der Waals surface area contributed by atoms with Gasteiger partial charge in [0.15, 0.2) is 0 Å². The fourth-order valence-corrected chi connectivity index (χ4v) is 1.90. The van der Waals surface area contributed by atoms with Gasteiger partial charge in [-0.05, 0) is 30.3 Å². The lowest BCUT2D eigenvalue weighted by Crippen LogP contribution is -1.85. The van der Waals surface area contributed by atoms with Gasteiger partial charge in [0.1, 0.15) is 0 Å². The molecule has 2 aromatic heterocycles. The molecule has 0 radical (unpaired) electrons. The van der Waals surface area contributed by atoms with Gasteiger partial charge in [0.2, 0.25) is 0 Å². The van der Waals surface area contributed by atoms with E-state index < -0.39 is 0 Å². The van der Waals surface area contributed by atoms with Crippen LogP contribution in [0.25, 0.3) is 22.5 Å². The monoisotopic (exact) mass is 232 g/mol. The van der Waals surface area contributed by atoms with Crippen molar-refractivity contribution in [3.63, 3.8) is 0 Å². The van der Waals surface area contributed by atoms with E-state index in [0.29, 0.717) is 0 Å². The summed E-state index contributed by atoms with van der Waals surface area (Å²) in [5.74, 6) is 0. The van der Waals surface area contributed by atoms with Gasteiger partial charge in [0, 0.05) is 23.5 Å². The molecule has 0 spiro atoms. The van der Waals surface area contributed by atoms with Crippen molar-refractivity contribution < 1.29 is 0 Å². The Kier molecular flexibility index (Phi) is 2.84. The predicted octanol–water partition coefficient (Wildman–Crippen LogP) is 3.81. The van der Waals surface area contributed by atoms with E-state index in [9.17, 15) is 0 Å². The Morgan fingerprint density at radius 3 is 1.56 bits per heavy atom. The minimum atomic E-state index is 0.982. The zero-order chi connectivity index (χ0) is 12.2. The molecule has 0 saturated heterocycles. The van der Waals surface area contributed by atoms with Crippen molar-refractivity contribution >= 4 is 0 Å². The molecule has 18 heavy (non-hydrogen) atoms. The lowest BCUT2D eigenvalue weighted by atomic mass is 10.1. The van der Waals surface area contributed by atoms with Crippen LogP contribution in [0.15, 0.2) is 73.1 Å². The van der Waals surface area contributed by atoms with E-state index in [2.05, 4.69) is 28.2 Å². The fraction of sp³-hybridized carbons (Fsp3) is 0. The highest BCUT2D eigenvalue weighted by Crippen LogP contribution is 2.23. The number of hydrogen-bond acceptors (Lipinski definition) is 2. The summed E-state index contributed by atoms with van der Waals surface area (Å²) >= 11 is 0. The summed E-state index contributed by atoms with van der Waals surface area (Å²) in [4.78, 5) is 8.73. The lowest BCUT2D eigenvalue weighted by Gasteiger charge is -2.04. The number of hydrogen-bond donors (Lipinski definition) is 0. The molecule has 3 rings (SSSR count). The van der Waals surface area contributed by atoms with Crippen molar-refractivity contribution in [1.29, 1.82) is 0 Å². The highest BCUT2D eigenvalue weighted by atomic mass is 14.7. The van der Waals surface area contributed by atoms with Gasteiger partial charge in [-0.3, -0.25) is 9.97 Å². The lowest BCUT2D eigenvalue weighted by molar-refractivity contribution is 1.31. The van der Waals surface area contributed by atoms with Gasteiger partial charge in [-0.25, -0.2) is 0 Å². The van der Waals surface area contributed by atoms with Crippen LogP contribution in [0.2, 0.25) is 0 Å². The summed E-state index contributed by atoms with van der Waals surface area (Å²) < 4.78 is 0. The number of aromatic nitrogens is 2. The molecular formula is C16H12N2. The summed E-state index contributed by atoms with van der Waals surface area (Å²) in [6.07, 6.45) is 3.62. The SMILES string of the molecule is c1ccc(-c2cccc(-c3ccccn3)c2)nc1. The van der Waals surface area contributed by atoms with Gasteiger partial charge in [-0.1, -0.05) is 30.3 Å². The van der Waals surface area contributed by atoms with Crippen LogP contribution in [0.5, 0.6) is 0 Å². The van der Waals surface area contributed by atoms with Crippen LogP contribution in [0.1, 0.15) is 0 Å². The molecule has 0 aliphatic heterocycles. The van der Waals surface area contributed by atoms with Crippen molar-refractivity contribution in [1.82, 2.24) is 9.97 Å². The van der Waals surface area contributed by atoms with Crippen LogP contribution in [-0.4, -0.2) is 9.97 Å². The summed E-state index contributed by atoms with van der Waals surface area (Å²) in [6.45, 7) is 0. The third-order valence-corrected chi connectivity index (χ3v) is 2.78. The molecule has 3 aromatic rings. The van der Waals surface area contributed by atoms with E-state index in [1.54, 1.807) is 0 Å². The second kappa shape index (κ2) is 4.80. The minimum Gasteiger partial charge on any atom is -0.256 e. The van der Waals surface area contributed by atoms with Gasteiger partial charge < -0.3 is 0 Å². The topological polar surface area (TPSA) is 25.8 Å². The first-order valence-electron chi connectivity index (χ1n) is 5.86. The fourth-order valence-electron chi connectivity index (χ4n) is 1.90. The minimum absolute atomic E-state index is 0.982. The first-order chi connectivity index (χ1) is 8.93. The first-order valence-corrected chi connectivity index (χ1v) is 5.86. The molecule has 0 bridgehead atoms. The normalized spacial score (nSPS) is 10.2. The Bertz CT molecular complexity index is 579. The molecule has 0 fully saturated rings. The Morgan fingerprint density at radius 1 is 0.556 bits per heavy atom. The Hall–Kier alpha value is -2.48. The van der Waals surface area contributed by atoms with E-state index in [1.807, 2.05) is 54.9 Å². The van der Waals surface area contributed by atoms with E-state index in [-0.39, 0.29) is 0 Å². The Balaban J connectivity index is 2.05. The highest BCUT2D eigenvalue weighted by Gasteiger charge is 2.02. The molecule has 2 heterocycles. The Morgan fingerprint density at radius 2 is 1.11 bits per heavy atom. The zero-order valence-corrected chi connectivity index (χ0v) is 9.82. The maximum Gasteiger partial charge on any atom is 0.0702 e. The van der Waals surface area contributed by atoms with Crippen LogP contribution in [0.4, 0.5) is 0 Å². The van der Waals surface area contributed by atoms with E-state index in [0.717, 1.165) is 22.5 Å². The molecule has 2 nitrogen and oxygen atoms in total. The van der Waals surface area contributed by atoms with E-state index >= 15 is 0 Å². The molecule has 0 N–H and O–H groups in total. The molecule has 2 heteroatoms. The van der Waals surface area contributed by atoms with Crippen LogP contribution < -0.4 is 0 Å². The quantitative estimate of drug-likeness (QED) is 0.671. The van der Waals surface area contributed by atoms with Crippen molar-refractivity contribution in [2.45, 2.75) is 0 Å². The molecule has 0 atom stereocenters.